The van der Waals surface area contributed by atoms with Gasteiger partial charge in [-0.3, -0.25) is 9.78 Å². The molecule has 0 radical (unpaired) electrons. The number of carbonyl (C=O) groups is 1. The maximum absolute atomic E-state index is 13.4. The Hall–Kier alpha value is -2.18. The molecule has 6 nitrogen and oxygen atoms in total. The predicted octanol–water partition coefficient (Wildman–Crippen LogP) is 2.34. The van der Waals surface area contributed by atoms with Crippen LogP contribution >= 0.6 is 0 Å². The molecule has 2 atom stereocenters. The van der Waals surface area contributed by atoms with Crippen molar-refractivity contribution in [2.45, 2.75) is 37.3 Å². The molecule has 0 unspecified atom stereocenters. The minimum atomic E-state index is -0.217. The Morgan fingerprint density at radius 2 is 2.12 bits per heavy atom. The lowest BCUT2D eigenvalue weighted by atomic mass is 10.0. The molecule has 2 heterocycles. The summed E-state index contributed by atoms with van der Waals surface area (Å²) in [5, 5.41) is 10.5. The number of aromatic nitrogens is 1. The van der Waals surface area contributed by atoms with Crippen LogP contribution in [0.2, 0.25) is 0 Å². The van der Waals surface area contributed by atoms with E-state index in [-0.39, 0.29) is 24.7 Å². The molecule has 0 spiro atoms. The van der Waals surface area contributed by atoms with E-state index in [0.29, 0.717) is 30.2 Å². The van der Waals surface area contributed by atoms with Crippen molar-refractivity contribution in [1.82, 2.24) is 9.88 Å². The second-order valence-electron chi connectivity index (χ2n) is 7.14. The quantitative estimate of drug-likeness (QED) is 0.890. The van der Waals surface area contributed by atoms with E-state index in [1.807, 2.05) is 24.3 Å². The minimum absolute atomic E-state index is 0.0401. The van der Waals surface area contributed by atoms with Gasteiger partial charge < -0.3 is 19.5 Å². The lowest BCUT2D eigenvalue weighted by Gasteiger charge is -2.24. The molecule has 138 valence electrons. The van der Waals surface area contributed by atoms with Crippen molar-refractivity contribution in [3.05, 3.63) is 35.5 Å². The summed E-state index contributed by atoms with van der Waals surface area (Å²) in [6.45, 7) is 0.431. The largest absolute Gasteiger partial charge is 0.497 e. The molecule has 1 aliphatic heterocycles. The third-order valence-electron chi connectivity index (χ3n) is 5.44. The summed E-state index contributed by atoms with van der Waals surface area (Å²) < 4.78 is 10.8. The number of ether oxygens (including phenoxy) is 2. The van der Waals surface area contributed by atoms with Crippen LogP contribution in [-0.2, 0) is 4.74 Å². The molecule has 1 N–H and O–H groups in total. The van der Waals surface area contributed by atoms with Gasteiger partial charge in [0.1, 0.15) is 5.75 Å². The number of carbonyl (C=O) groups excluding carboxylic acids is 1. The van der Waals surface area contributed by atoms with Gasteiger partial charge in [0.25, 0.3) is 5.91 Å². The van der Waals surface area contributed by atoms with Gasteiger partial charge in [-0.15, -0.1) is 0 Å². The number of likely N-dealkylation sites (tertiary alicyclic amines) is 1. The van der Waals surface area contributed by atoms with E-state index >= 15 is 0 Å². The average Bonchev–Trinajstić information content (AvgIpc) is 3.45. The molecule has 2 aromatic rings. The van der Waals surface area contributed by atoms with E-state index in [0.717, 1.165) is 29.4 Å². The Bertz CT molecular complexity index is 834. The van der Waals surface area contributed by atoms with Crippen molar-refractivity contribution in [1.29, 1.82) is 0 Å². The second-order valence-corrected chi connectivity index (χ2v) is 7.14. The first-order valence-corrected chi connectivity index (χ1v) is 9.08. The fraction of sp³-hybridized carbons (Fsp3) is 0.500. The molecule has 1 saturated heterocycles. The number of amides is 1. The Labute approximate surface area is 152 Å². The maximum Gasteiger partial charge on any atom is 0.255 e. The number of nitrogens with zero attached hydrogens (tertiary/aromatic N) is 2. The van der Waals surface area contributed by atoms with E-state index in [1.165, 1.54) is 0 Å². The average molecular weight is 356 g/mol. The number of fused-ring (bicyclic) bond motifs is 1. The number of pyridine rings is 1. The highest BCUT2D eigenvalue weighted by atomic mass is 16.5. The molecule has 1 amide bonds. The molecular formula is C20H24N2O4. The zero-order valence-electron chi connectivity index (χ0n) is 15.1. The van der Waals surface area contributed by atoms with Gasteiger partial charge in [-0.1, -0.05) is 0 Å². The van der Waals surface area contributed by atoms with Crippen LogP contribution in [0.5, 0.6) is 5.75 Å². The van der Waals surface area contributed by atoms with Gasteiger partial charge in [-0.25, -0.2) is 0 Å². The summed E-state index contributed by atoms with van der Waals surface area (Å²) in [6.07, 6.45) is 2.86. The molecule has 2 aliphatic rings. The molecule has 1 aliphatic carbocycles. The monoisotopic (exact) mass is 356 g/mol. The molecule has 1 saturated carbocycles. The fourth-order valence-electron chi connectivity index (χ4n) is 3.74. The highest BCUT2D eigenvalue weighted by Crippen LogP contribution is 2.41. The first-order valence-electron chi connectivity index (χ1n) is 9.08. The highest BCUT2D eigenvalue weighted by Gasteiger charge is 2.36. The van der Waals surface area contributed by atoms with Crippen molar-refractivity contribution in [3.63, 3.8) is 0 Å². The zero-order chi connectivity index (χ0) is 18.3. The Morgan fingerprint density at radius 1 is 1.31 bits per heavy atom. The molecule has 2 fully saturated rings. The van der Waals surface area contributed by atoms with E-state index in [2.05, 4.69) is 0 Å². The molecule has 6 heteroatoms. The Balaban J connectivity index is 1.79. The first-order chi connectivity index (χ1) is 12.6. The van der Waals surface area contributed by atoms with Crippen molar-refractivity contribution in [2.75, 3.05) is 27.4 Å². The third-order valence-corrected chi connectivity index (χ3v) is 5.44. The first kappa shape index (κ1) is 17.2. The van der Waals surface area contributed by atoms with Crippen LogP contribution in [-0.4, -0.2) is 60.4 Å². The highest BCUT2D eigenvalue weighted by molar-refractivity contribution is 6.06. The number of aliphatic hydroxyl groups excluding tert-OH is 1. The summed E-state index contributed by atoms with van der Waals surface area (Å²) >= 11 is 0. The van der Waals surface area contributed by atoms with Gasteiger partial charge in [-0.05, 0) is 43.5 Å². The number of benzene rings is 1. The van der Waals surface area contributed by atoms with Crippen LogP contribution in [0.3, 0.4) is 0 Å². The van der Waals surface area contributed by atoms with Crippen molar-refractivity contribution in [2.24, 2.45) is 0 Å². The smallest absolute Gasteiger partial charge is 0.255 e. The van der Waals surface area contributed by atoms with Gasteiger partial charge in [-0.2, -0.15) is 0 Å². The topological polar surface area (TPSA) is 71.9 Å². The maximum atomic E-state index is 13.4. The Kier molecular flexibility index (Phi) is 4.54. The summed E-state index contributed by atoms with van der Waals surface area (Å²) in [7, 11) is 3.26. The fourth-order valence-corrected chi connectivity index (χ4v) is 3.74. The standard InChI is InChI=1S/C20H24N2O4/c1-25-14-5-6-18-16(8-14)17(9-19(21-18)12-3-4-12)20(24)22-10-15(26-2)7-13(22)11-23/h5-6,8-9,12-13,15,23H,3-4,7,10-11H2,1-2H3/t13-,15+/m0/s1. The number of hydrogen-bond donors (Lipinski definition) is 1. The lowest BCUT2D eigenvalue weighted by molar-refractivity contribution is 0.0649. The van der Waals surface area contributed by atoms with Crippen LogP contribution < -0.4 is 4.74 Å². The summed E-state index contributed by atoms with van der Waals surface area (Å²) in [5.74, 6) is 1.07. The normalized spacial score (nSPS) is 22.8. The van der Waals surface area contributed by atoms with Crippen LogP contribution in [0.4, 0.5) is 0 Å². The summed E-state index contributed by atoms with van der Waals surface area (Å²) in [5.41, 5.74) is 2.42. The van der Waals surface area contributed by atoms with Gasteiger partial charge in [0.05, 0.1) is 36.9 Å². The minimum Gasteiger partial charge on any atom is -0.497 e. The molecular weight excluding hydrogens is 332 g/mol. The number of methoxy groups -OCH3 is 2. The van der Waals surface area contributed by atoms with E-state index < -0.39 is 0 Å². The zero-order valence-corrected chi connectivity index (χ0v) is 15.1. The molecule has 1 aromatic heterocycles. The van der Waals surface area contributed by atoms with Crippen LogP contribution in [0.15, 0.2) is 24.3 Å². The van der Waals surface area contributed by atoms with Crippen molar-refractivity contribution >= 4 is 16.8 Å². The van der Waals surface area contributed by atoms with Crippen LogP contribution in [0.25, 0.3) is 10.9 Å². The van der Waals surface area contributed by atoms with E-state index in [9.17, 15) is 9.90 Å². The van der Waals surface area contributed by atoms with Gasteiger partial charge in [0, 0.05) is 30.7 Å². The van der Waals surface area contributed by atoms with Crippen LogP contribution in [0, 0.1) is 0 Å². The van der Waals surface area contributed by atoms with Gasteiger partial charge in [0.2, 0.25) is 0 Å². The Morgan fingerprint density at radius 3 is 2.77 bits per heavy atom. The number of aliphatic hydroxyl groups is 1. The van der Waals surface area contributed by atoms with Crippen molar-refractivity contribution < 1.29 is 19.4 Å². The van der Waals surface area contributed by atoms with Crippen molar-refractivity contribution in [3.8, 4) is 5.75 Å². The van der Waals surface area contributed by atoms with E-state index in [1.54, 1.807) is 19.1 Å². The molecule has 26 heavy (non-hydrogen) atoms. The lowest BCUT2D eigenvalue weighted by Crippen LogP contribution is -2.38. The summed E-state index contributed by atoms with van der Waals surface area (Å²) in [4.78, 5) is 19.9. The van der Waals surface area contributed by atoms with E-state index in [4.69, 9.17) is 14.5 Å². The molecule has 0 bridgehead atoms. The number of rotatable bonds is 5. The second kappa shape index (κ2) is 6.85. The van der Waals surface area contributed by atoms with Gasteiger partial charge >= 0.3 is 0 Å². The SMILES string of the molecule is COc1ccc2nc(C3CC3)cc(C(=O)N3C[C@H](OC)C[C@H]3CO)c2c1. The van der Waals surface area contributed by atoms with Gasteiger partial charge in [0.15, 0.2) is 0 Å². The third kappa shape index (κ3) is 3.04. The number of hydrogen-bond acceptors (Lipinski definition) is 5. The predicted molar refractivity (Wildman–Crippen MR) is 97.6 cm³/mol. The van der Waals surface area contributed by atoms with Crippen LogP contribution in [0.1, 0.15) is 41.2 Å². The summed E-state index contributed by atoms with van der Waals surface area (Å²) in [6, 6.07) is 7.35. The molecule has 1 aromatic carbocycles. The molecule has 4 rings (SSSR count).